The average Bonchev–Trinajstić information content (AvgIpc) is 3.28. The van der Waals surface area contributed by atoms with E-state index in [1.165, 1.54) is 0 Å². The molecule has 8 nitrogen and oxygen atoms in total. The molecule has 0 unspecified atom stereocenters. The van der Waals surface area contributed by atoms with E-state index in [0.29, 0.717) is 37.7 Å². The van der Waals surface area contributed by atoms with E-state index in [9.17, 15) is 4.79 Å². The Kier molecular flexibility index (Phi) is 7.54. The molecule has 0 fully saturated rings. The number of hydrogen-bond donors (Lipinski definition) is 1. The summed E-state index contributed by atoms with van der Waals surface area (Å²) in [5.41, 5.74) is 0.666. The molecule has 0 atom stereocenters. The van der Waals surface area contributed by atoms with Gasteiger partial charge in [-0.3, -0.25) is 4.68 Å². The number of ether oxygens (including phenoxy) is 3. The van der Waals surface area contributed by atoms with Gasteiger partial charge in [-0.2, -0.15) is 5.10 Å². The molecule has 2 aromatic carbocycles. The van der Waals surface area contributed by atoms with Crippen molar-refractivity contribution >= 4 is 11.7 Å². The quantitative estimate of drug-likeness (QED) is 0.553. The van der Waals surface area contributed by atoms with Gasteiger partial charge in [-0.05, 0) is 42.5 Å². The number of urea groups is 1. The third kappa shape index (κ3) is 6.44. The van der Waals surface area contributed by atoms with Crippen molar-refractivity contribution in [3.8, 4) is 17.2 Å². The van der Waals surface area contributed by atoms with Crippen LogP contribution >= 0.6 is 0 Å². The molecule has 0 aliphatic carbocycles. The van der Waals surface area contributed by atoms with Crippen molar-refractivity contribution in [1.29, 1.82) is 0 Å². The lowest BCUT2D eigenvalue weighted by molar-refractivity contribution is 0.207. The molecule has 8 heteroatoms. The molecule has 158 valence electrons. The van der Waals surface area contributed by atoms with E-state index in [2.05, 4.69) is 10.4 Å². The highest BCUT2D eigenvalue weighted by atomic mass is 16.5. The lowest BCUT2D eigenvalue weighted by atomic mass is 10.3. The minimum Gasteiger partial charge on any atom is -0.497 e. The predicted octanol–water partition coefficient (Wildman–Crippen LogP) is 3.51. The van der Waals surface area contributed by atoms with Gasteiger partial charge in [0, 0.05) is 31.2 Å². The van der Waals surface area contributed by atoms with Gasteiger partial charge < -0.3 is 24.4 Å². The number of nitrogens with one attached hydrogen (secondary N) is 1. The fraction of sp³-hybridized carbons (Fsp3) is 0.273. The minimum absolute atomic E-state index is 0.220. The second-order valence-electron chi connectivity index (χ2n) is 6.52. The number of amides is 2. The minimum atomic E-state index is -0.220. The summed E-state index contributed by atoms with van der Waals surface area (Å²) >= 11 is 0. The summed E-state index contributed by atoms with van der Waals surface area (Å²) in [6.45, 7) is 1.97. The van der Waals surface area contributed by atoms with Crippen molar-refractivity contribution in [1.82, 2.24) is 14.7 Å². The highest BCUT2D eigenvalue weighted by Gasteiger charge is 2.09. The van der Waals surface area contributed by atoms with Gasteiger partial charge in [-0.25, -0.2) is 4.79 Å². The fourth-order valence-corrected chi connectivity index (χ4v) is 2.65. The number of hydrogen-bond acceptors (Lipinski definition) is 5. The first-order valence-electron chi connectivity index (χ1n) is 9.63. The number of rotatable bonds is 10. The molecule has 2 amide bonds. The van der Waals surface area contributed by atoms with E-state index < -0.39 is 0 Å². The normalized spacial score (nSPS) is 10.3. The Hall–Kier alpha value is -3.68. The summed E-state index contributed by atoms with van der Waals surface area (Å²) in [5.74, 6) is 2.18. The maximum absolute atomic E-state index is 12.4. The summed E-state index contributed by atoms with van der Waals surface area (Å²) in [7, 11) is 3.34. The summed E-state index contributed by atoms with van der Waals surface area (Å²) in [6.07, 6.45) is 3.61. The fourth-order valence-electron chi connectivity index (χ4n) is 2.65. The Morgan fingerprint density at radius 3 is 2.53 bits per heavy atom. The van der Waals surface area contributed by atoms with E-state index >= 15 is 0 Å². The zero-order valence-corrected chi connectivity index (χ0v) is 17.2. The predicted molar refractivity (Wildman–Crippen MR) is 114 cm³/mol. The summed E-state index contributed by atoms with van der Waals surface area (Å²) in [5, 5.41) is 7.00. The Balaban J connectivity index is 1.41. The molecule has 1 heterocycles. The zero-order valence-electron chi connectivity index (χ0n) is 17.2. The summed E-state index contributed by atoms with van der Waals surface area (Å²) in [4.78, 5) is 14.0. The van der Waals surface area contributed by atoms with E-state index in [0.717, 1.165) is 11.5 Å². The maximum Gasteiger partial charge on any atom is 0.321 e. The van der Waals surface area contributed by atoms with E-state index in [1.807, 2.05) is 54.7 Å². The third-order valence-corrected chi connectivity index (χ3v) is 4.34. The van der Waals surface area contributed by atoms with Gasteiger partial charge in [0.15, 0.2) is 0 Å². The van der Waals surface area contributed by atoms with E-state index in [-0.39, 0.29) is 6.03 Å². The number of methoxy groups -OCH3 is 1. The average molecular weight is 410 g/mol. The number of aromatic nitrogens is 2. The molecule has 30 heavy (non-hydrogen) atoms. The second-order valence-corrected chi connectivity index (χ2v) is 6.52. The molecule has 1 aromatic heterocycles. The van der Waals surface area contributed by atoms with Crippen molar-refractivity contribution in [2.45, 2.75) is 6.54 Å². The monoisotopic (exact) mass is 410 g/mol. The molecular formula is C22H26N4O4. The van der Waals surface area contributed by atoms with Crippen LogP contribution in [0.25, 0.3) is 0 Å². The highest BCUT2D eigenvalue weighted by Crippen LogP contribution is 2.18. The number of likely N-dealkylation sites (N-methyl/N-ethyl adjacent to an activating group) is 1. The molecule has 0 spiro atoms. The van der Waals surface area contributed by atoms with Crippen molar-refractivity contribution in [2.24, 2.45) is 0 Å². The Bertz CT molecular complexity index is 913. The van der Waals surface area contributed by atoms with Crippen molar-refractivity contribution in [3.05, 3.63) is 67.0 Å². The van der Waals surface area contributed by atoms with Gasteiger partial charge in [0.25, 0.3) is 0 Å². The second kappa shape index (κ2) is 10.8. The first-order valence-corrected chi connectivity index (χ1v) is 9.63. The van der Waals surface area contributed by atoms with Crippen LogP contribution in [0.1, 0.15) is 0 Å². The SMILES string of the molecule is COc1ccc(OCCN(C)C(=O)Nc2cccc(OCCn3cccn3)c2)cc1. The molecule has 3 aromatic rings. The van der Waals surface area contributed by atoms with Crippen molar-refractivity contribution in [2.75, 3.05) is 39.2 Å². The molecule has 3 rings (SSSR count). The molecule has 0 saturated carbocycles. The van der Waals surface area contributed by atoms with Crippen LogP contribution in [0.15, 0.2) is 67.0 Å². The van der Waals surface area contributed by atoms with Crippen LogP contribution in [0.5, 0.6) is 17.2 Å². The smallest absolute Gasteiger partial charge is 0.321 e. The molecule has 0 aliphatic heterocycles. The molecule has 0 saturated heterocycles. The summed E-state index contributed by atoms with van der Waals surface area (Å²) < 4.78 is 18.3. The molecule has 0 bridgehead atoms. The largest absolute Gasteiger partial charge is 0.497 e. The Morgan fingerprint density at radius 1 is 1.03 bits per heavy atom. The molecule has 0 radical (unpaired) electrons. The zero-order chi connectivity index (χ0) is 21.2. The van der Waals surface area contributed by atoms with Gasteiger partial charge in [0.2, 0.25) is 0 Å². The van der Waals surface area contributed by atoms with Gasteiger partial charge in [-0.15, -0.1) is 0 Å². The van der Waals surface area contributed by atoms with Crippen molar-refractivity contribution < 1.29 is 19.0 Å². The Morgan fingerprint density at radius 2 is 1.80 bits per heavy atom. The standard InChI is InChI=1S/C22H26N4O4/c1-25(13-15-29-20-9-7-19(28-2)8-10-20)22(27)24-18-5-3-6-21(17-18)30-16-14-26-12-4-11-23-26/h3-12,17H,13-16H2,1-2H3,(H,24,27). The number of carbonyl (C=O) groups is 1. The highest BCUT2D eigenvalue weighted by molar-refractivity contribution is 5.89. The van der Waals surface area contributed by atoms with Crippen LogP contribution in [-0.2, 0) is 6.54 Å². The lowest BCUT2D eigenvalue weighted by Gasteiger charge is -2.18. The van der Waals surface area contributed by atoms with Crippen LogP contribution in [0.2, 0.25) is 0 Å². The Labute approximate surface area is 176 Å². The third-order valence-electron chi connectivity index (χ3n) is 4.34. The first kappa shape index (κ1) is 21.0. The van der Waals surface area contributed by atoms with Crippen LogP contribution in [-0.4, -0.2) is 54.6 Å². The maximum atomic E-state index is 12.4. The number of benzene rings is 2. The van der Waals surface area contributed by atoms with Crippen molar-refractivity contribution in [3.63, 3.8) is 0 Å². The van der Waals surface area contributed by atoms with Crippen LogP contribution in [0.4, 0.5) is 10.5 Å². The number of anilines is 1. The topological polar surface area (TPSA) is 77.9 Å². The first-order chi connectivity index (χ1) is 14.6. The number of nitrogens with zero attached hydrogens (tertiary/aromatic N) is 3. The van der Waals surface area contributed by atoms with Gasteiger partial charge in [0.05, 0.1) is 20.2 Å². The van der Waals surface area contributed by atoms with E-state index in [4.69, 9.17) is 14.2 Å². The molecule has 0 aliphatic rings. The van der Waals surface area contributed by atoms with Gasteiger partial charge >= 0.3 is 6.03 Å². The summed E-state index contributed by atoms with van der Waals surface area (Å²) in [6, 6.07) is 16.3. The lowest BCUT2D eigenvalue weighted by Crippen LogP contribution is -2.34. The van der Waals surface area contributed by atoms with Crippen LogP contribution in [0.3, 0.4) is 0 Å². The van der Waals surface area contributed by atoms with Crippen LogP contribution < -0.4 is 19.5 Å². The molecule has 1 N–H and O–H groups in total. The van der Waals surface area contributed by atoms with E-state index in [1.54, 1.807) is 36.0 Å². The van der Waals surface area contributed by atoms with Gasteiger partial charge in [-0.1, -0.05) is 6.07 Å². The number of carbonyl (C=O) groups excluding carboxylic acids is 1. The van der Waals surface area contributed by atoms with Crippen LogP contribution in [0, 0.1) is 0 Å². The molecular weight excluding hydrogens is 384 g/mol. The van der Waals surface area contributed by atoms with Gasteiger partial charge in [0.1, 0.15) is 30.5 Å².